The summed E-state index contributed by atoms with van der Waals surface area (Å²) >= 11 is 0. The van der Waals surface area contributed by atoms with Crippen LogP contribution in [0.15, 0.2) is 0 Å². The Hall–Kier alpha value is -0.610. The first-order valence-corrected chi connectivity index (χ1v) is 7.69. The van der Waals surface area contributed by atoms with E-state index in [0.717, 1.165) is 38.6 Å². The SMILES string of the molecule is CC(C)CCNC(=O)COC1(CN)CCCCCC1. The maximum Gasteiger partial charge on any atom is 0.246 e. The van der Waals surface area contributed by atoms with E-state index in [9.17, 15) is 4.79 Å². The topological polar surface area (TPSA) is 64.3 Å². The molecule has 0 aromatic rings. The third kappa shape index (κ3) is 6.39. The third-order valence-corrected chi connectivity index (χ3v) is 3.94. The van der Waals surface area contributed by atoms with Gasteiger partial charge in [-0.15, -0.1) is 0 Å². The molecule has 0 saturated heterocycles. The second-order valence-electron chi connectivity index (χ2n) is 6.12. The highest BCUT2D eigenvalue weighted by Crippen LogP contribution is 2.29. The molecule has 0 bridgehead atoms. The van der Waals surface area contributed by atoms with Crippen molar-refractivity contribution in [1.29, 1.82) is 0 Å². The van der Waals surface area contributed by atoms with Gasteiger partial charge in [0.15, 0.2) is 0 Å². The monoisotopic (exact) mass is 270 g/mol. The molecule has 1 saturated carbocycles. The van der Waals surface area contributed by atoms with Crippen molar-refractivity contribution in [2.75, 3.05) is 19.7 Å². The second kappa shape index (κ2) is 8.54. The lowest BCUT2D eigenvalue weighted by molar-refractivity contribution is -0.133. The minimum atomic E-state index is -0.258. The average molecular weight is 270 g/mol. The molecule has 4 heteroatoms. The van der Waals surface area contributed by atoms with Crippen LogP contribution in [-0.4, -0.2) is 31.2 Å². The van der Waals surface area contributed by atoms with Crippen LogP contribution in [0.3, 0.4) is 0 Å². The number of hydrogen-bond acceptors (Lipinski definition) is 3. The molecule has 3 N–H and O–H groups in total. The molecule has 0 aromatic carbocycles. The van der Waals surface area contributed by atoms with E-state index in [1.54, 1.807) is 0 Å². The van der Waals surface area contributed by atoms with Gasteiger partial charge in [0.1, 0.15) is 6.61 Å². The molecule has 0 unspecified atom stereocenters. The van der Waals surface area contributed by atoms with Crippen LogP contribution in [0.4, 0.5) is 0 Å². The molecule has 0 aromatic heterocycles. The molecule has 1 fully saturated rings. The lowest BCUT2D eigenvalue weighted by atomic mass is 9.94. The molecule has 0 atom stereocenters. The molecular formula is C15H30N2O2. The largest absolute Gasteiger partial charge is 0.364 e. The van der Waals surface area contributed by atoms with Crippen LogP contribution in [0.1, 0.15) is 58.8 Å². The zero-order valence-electron chi connectivity index (χ0n) is 12.5. The summed E-state index contributed by atoms with van der Waals surface area (Å²) in [5.41, 5.74) is 5.62. The van der Waals surface area contributed by atoms with E-state index < -0.39 is 0 Å². The summed E-state index contributed by atoms with van der Waals surface area (Å²) in [7, 11) is 0. The molecule has 1 aliphatic carbocycles. The molecule has 1 amide bonds. The predicted octanol–water partition coefficient (Wildman–Crippen LogP) is 2.22. The van der Waals surface area contributed by atoms with E-state index in [4.69, 9.17) is 10.5 Å². The summed E-state index contributed by atoms with van der Waals surface area (Å²) in [5, 5.41) is 2.91. The van der Waals surface area contributed by atoms with Crippen LogP contribution < -0.4 is 11.1 Å². The molecule has 4 nitrogen and oxygen atoms in total. The number of nitrogens with one attached hydrogen (secondary N) is 1. The molecule has 0 aliphatic heterocycles. The predicted molar refractivity (Wildman–Crippen MR) is 77.9 cm³/mol. The number of carbonyl (C=O) groups excluding carboxylic acids is 1. The number of amides is 1. The van der Waals surface area contributed by atoms with Crippen molar-refractivity contribution in [1.82, 2.24) is 5.32 Å². The second-order valence-corrected chi connectivity index (χ2v) is 6.12. The minimum absolute atomic E-state index is 0.0160. The van der Waals surface area contributed by atoms with Crippen LogP contribution in [0.2, 0.25) is 0 Å². The van der Waals surface area contributed by atoms with E-state index in [1.165, 1.54) is 12.8 Å². The fraction of sp³-hybridized carbons (Fsp3) is 0.933. The van der Waals surface area contributed by atoms with Crippen LogP contribution in [-0.2, 0) is 9.53 Å². The lowest BCUT2D eigenvalue weighted by Crippen LogP contribution is -2.43. The highest BCUT2D eigenvalue weighted by atomic mass is 16.5. The Morgan fingerprint density at radius 3 is 2.42 bits per heavy atom. The Kier molecular flexibility index (Phi) is 7.39. The highest BCUT2D eigenvalue weighted by Gasteiger charge is 2.30. The maximum atomic E-state index is 11.7. The summed E-state index contributed by atoms with van der Waals surface area (Å²) < 4.78 is 5.88. The van der Waals surface area contributed by atoms with Gasteiger partial charge in [0, 0.05) is 13.1 Å². The Morgan fingerprint density at radius 2 is 1.89 bits per heavy atom. The fourth-order valence-electron chi connectivity index (χ4n) is 2.55. The average Bonchev–Trinajstić information content (AvgIpc) is 2.62. The summed E-state index contributed by atoms with van der Waals surface area (Å²) in [6.07, 6.45) is 7.81. The van der Waals surface area contributed by atoms with E-state index in [2.05, 4.69) is 19.2 Å². The highest BCUT2D eigenvalue weighted by molar-refractivity contribution is 5.77. The molecule has 0 radical (unpaired) electrons. The van der Waals surface area contributed by atoms with Gasteiger partial charge < -0.3 is 15.8 Å². The number of rotatable bonds is 7. The summed E-state index contributed by atoms with van der Waals surface area (Å²) in [5.74, 6) is 0.594. The van der Waals surface area contributed by atoms with Gasteiger partial charge in [-0.1, -0.05) is 39.5 Å². The van der Waals surface area contributed by atoms with Crippen LogP contribution in [0.5, 0.6) is 0 Å². The number of carbonyl (C=O) groups is 1. The van der Waals surface area contributed by atoms with Crippen molar-refractivity contribution in [2.24, 2.45) is 11.7 Å². The molecule has 1 aliphatic rings. The van der Waals surface area contributed by atoms with Crippen molar-refractivity contribution in [2.45, 2.75) is 64.4 Å². The van der Waals surface area contributed by atoms with Gasteiger partial charge in [-0.2, -0.15) is 0 Å². The number of ether oxygens (including phenoxy) is 1. The van der Waals surface area contributed by atoms with Gasteiger partial charge in [-0.25, -0.2) is 0 Å². The summed E-state index contributed by atoms with van der Waals surface area (Å²) in [6.45, 7) is 5.70. The zero-order chi connectivity index (χ0) is 14.1. The molecule has 0 spiro atoms. The van der Waals surface area contributed by atoms with Crippen molar-refractivity contribution in [3.8, 4) is 0 Å². The van der Waals surface area contributed by atoms with Gasteiger partial charge in [0.25, 0.3) is 0 Å². The van der Waals surface area contributed by atoms with Crippen LogP contribution in [0.25, 0.3) is 0 Å². The van der Waals surface area contributed by atoms with E-state index in [1.807, 2.05) is 0 Å². The Balaban J connectivity index is 2.29. The van der Waals surface area contributed by atoms with Crippen LogP contribution in [0, 0.1) is 5.92 Å². The quantitative estimate of drug-likeness (QED) is 0.697. The van der Waals surface area contributed by atoms with Crippen molar-refractivity contribution in [3.05, 3.63) is 0 Å². The van der Waals surface area contributed by atoms with Gasteiger partial charge >= 0.3 is 0 Å². The molecule has 0 heterocycles. The standard InChI is InChI=1S/C15H30N2O2/c1-13(2)7-10-17-14(18)11-19-15(12-16)8-5-3-4-6-9-15/h13H,3-12,16H2,1-2H3,(H,17,18). The van der Waals surface area contributed by atoms with E-state index in [0.29, 0.717) is 12.5 Å². The molecular weight excluding hydrogens is 240 g/mol. The van der Waals surface area contributed by atoms with Crippen molar-refractivity contribution < 1.29 is 9.53 Å². The smallest absolute Gasteiger partial charge is 0.246 e. The zero-order valence-corrected chi connectivity index (χ0v) is 12.5. The fourth-order valence-corrected chi connectivity index (χ4v) is 2.55. The molecule has 19 heavy (non-hydrogen) atoms. The summed E-state index contributed by atoms with van der Waals surface area (Å²) in [6, 6.07) is 0. The molecule has 1 rings (SSSR count). The Labute approximate surface area is 117 Å². The normalized spacial score (nSPS) is 19.2. The summed E-state index contributed by atoms with van der Waals surface area (Å²) in [4.78, 5) is 11.7. The van der Waals surface area contributed by atoms with Crippen molar-refractivity contribution in [3.63, 3.8) is 0 Å². The molecule has 112 valence electrons. The lowest BCUT2D eigenvalue weighted by Gasteiger charge is -2.31. The number of nitrogens with two attached hydrogens (primary N) is 1. The third-order valence-electron chi connectivity index (χ3n) is 3.94. The van der Waals surface area contributed by atoms with Crippen molar-refractivity contribution >= 4 is 5.91 Å². The van der Waals surface area contributed by atoms with Crippen LogP contribution >= 0.6 is 0 Å². The first-order valence-electron chi connectivity index (χ1n) is 7.69. The van der Waals surface area contributed by atoms with Gasteiger partial charge in [0.2, 0.25) is 5.91 Å². The van der Waals surface area contributed by atoms with E-state index >= 15 is 0 Å². The first-order chi connectivity index (χ1) is 9.08. The Bertz CT molecular complexity index is 259. The van der Waals surface area contributed by atoms with Gasteiger partial charge in [-0.3, -0.25) is 4.79 Å². The van der Waals surface area contributed by atoms with Gasteiger partial charge in [0.05, 0.1) is 5.60 Å². The first kappa shape index (κ1) is 16.4. The number of hydrogen-bond donors (Lipinski definition) is 2. The van der Waals surface area contributed by atoms with E-state index in [-0.39, 0.29) is 18.1 Å². The van der Waals surface area contributed by atoms with Gasteiger partial charge in [-0.05, 0) is 25.2 Å². The maximum absolute atomic E-state index is 11.7. The minimum Gasteiger partial charge on any atom is -0.364 e. The Morgan fingerprint density at radius 1 is 1.26 bits per heavy atom.